The summed E-state index contributed by atoms with van der Waals surface area (Å²) in [6, 6.07) is 10.2. The number of carboxylic acid groups (broad SMARTS) is 1. The topological polar surface area (TPSA) is 60.9 Å². The zero-order valence-electron chi connectivity index (χ0n) is 13.1. The van der Waals surface area contributed by atoms with Crippen LogP contribution in [0.4, 0.5) is 0 Å². The molecule has 0 radical (unpaired) electrons. The van der Waals surface area contributed by atoms with Gasteiger partial charge in [-0.3, -0.25) is 9.59 Å². The molecular formula is C17H24N2O3. The maximum atomic E-state index is 12.5. The average Bonchev–Trinajstić information content (AvgIpc) is 2.67. The molecule has 0 bridgehead atoms. The largest absolute Gasteiger partial charge is 0.481 e. The van der Waals surface area contributed by atoms with E-state index in [1.54, 1.807) is 0 Å². The highest BCUT2D eigenvalue weighted by Gasteiger charge is 2.28. The van der Waals surface area contributed by atoms with Crippen molar-refractivity contribution in [1.29, 1.82) is 0 Å². The van der Waals surface area contributed by atoms with Gasteiger partial charge in [0.25, 0.3) is 0 Å². The Hall–Kier alpha value is -1.88. The average molecular weight is 304 g/mol. The van der Waals surface area contributed by atoms with Crippen molar-refractivity contribution in [3.8, 4) is 0 Å². The third kappa shape index (κ3) is 4.56. The van der Waals surface area contributed by atoms with Gasteiger partial charge in [-0.15, -0.1) is 0 Å². The number of rotatable bonds is 6. The molecule has 1 aliphatic rings. The van der Waals surface area contributed by atoms with E-state index in [0.717, 1.165) is 18.5 Å². The second-order valence-corrected chi connectivity index (χ2v) is 5.76. The summed E-state index contributed by atoms with van der Waals surface area (Å²) in [6.45, 7) is 4.62. The summed E-state index contributed by atoms with van der Waals surface area (Å²) in [7, 11) is 0. The maximum Gasteiger partial charge on any atom is 0.304 e. The molecule has 1 aromatic carbocycles. The van der Waals surface area contributed by atoms with Crippen molar-refractivity contribution in [3.05, 3.63) is 35.9 Å². The van der Waals surface area contributed by atoms with Crippen LogP contribution in [0.5, 0.6) is 0 Å². The molecule has 2 rings (SSSR count). The molecular weight excluding hydrogens is 280 g/mol. The molecule has 5 heteroatoms. The minimum absolute atomic E-state index is 0.128. The van der Waals surface area contributed by atoms with Gasteiger partial charge in [-0.2, -0.15) is 0 Å². The summed E-state index contributed by atoms with van der Waals surface area (Å²) in [5.41, 5.74) is 1.13. The summed E-state index contributed by atoms with van der Waals surface area (Å²) in [5.74, 6) is -0.627. The Bertz CT molecular complexity index is 504. The highest BCUT2D eigenvalue weighted by Crippen LogP contribution is 2.17. The minimum Gasteiger partial charge on any atom is -0.481 e. The first-order valence-electron chi connectivity index (χ1n) is 7.87. The lowest BCUT2D eigenvalue weighted by molar-refractivity contribution is -0.137. The fourth-order valence-corrected chi connectivity index (χ4v) is 2.89. The summed E-state index contributed by atoms with van der Waals surface area (Å²) in [5, 5.41) is 8.83. The van der Waals surface area contributed by atoms with Crippen LogP contribution >= 0.6 is 0 Å². The molecule has 0 aliphatic carbocycles. The van der Waals surface area contributed by atoms with Crippen molar-refractivity contribution in [2.24, 2.45) is 0 Å². The van der Waals surface area contributed by atoms with Crippen LogP contribution in [0, 0.1) is 0 Å². The van der Waals surface area contributed by atoms with Gasteiger partial charge in [0.2, 0.25) is 5.91 Å². The van der Waals surface area contributed by atoms with Crippen LogP contribution in [0.25, 0.3) is 0 Å². The van der Waals surface area contributed by atoms with Crippen LogP contribution in [0.2, 0.25) is 0 Å². The van der Waals surface area contributed by atoms with Gasteiger partial charge in [-0.05, 0) is 12.0 Å². The van der Waals surface area contributed by atoms with E-state index < -0.39 is 5.97 Å². The van der Waals surface area contributed by atoms with E-state index in [4.69, 9.17) is 5.11 Å². The van der Waals surface area contributed by atoms with Crippen LogP contribution in [0.15, 0.2) is 30.3 Å². The molecule has 1 saturated heterocycles. The lowest BCUT2D eigenvalue weighted by Gasteiger charge is -2.31. The third-order valence-corrected chi connectivity index (χ3v) is 4.18. The second kappa shape index (κ2) is 7.94. The Kier molecular flexibility index (Phi) is 5.95. The summed E-state index contributed by atoms with van der Waals surface area (Å²) in [6.07, 6.45) is 1.47. The van der Waals surface area contributed by atoms with Crippen molar-refractivity contribution in [2.45, 2.75) is 38.8 Å². The number of hydrogen-bond acceptors (Lipinski definition) is 3. The Labute approximate surface area is 131 Å². The van der Waals surface area contributed by atoms with Gasteiger partial charge in [0.1, 0.15) is 0 Å². The molecule has 0 saturated carbocycles. The fraction of sp³-hybridized carbons (Fsp3) is 0.529. The maximum absolute atomic E-state index is 12.5. The zero-order chi connectivity index (χ0) is 15.9. The fourth-order valence-electron chi connectivity index (χ4n) is 2.89. The van der Waals surface area contributed by atoms with Gasteiger partial charge < -0.3 is 14.9 Å². The number of carbonyl (C=O) groups excluding carboxylic acids is 1. The first kappa shape index (κ1) is 16.5. The van der Waals surface area contributed by atoms with E-state index in [1.807, 2.05) is 35.2 Å². The van der Waals surface area contributed by atoms with E-state index in [9.17, 15) is 9.59 Å². The van der Waals surface area contributed by atoms with Crippen molar-refractivity contribution >= 4 is 11.9 Å². The SMILES string of the molecule is CC[C@H]1CN(CCC(=O)O)CCC(=O)N1Cc1ccccc1. The summed E-state index contributed by atoms with van der Waals surface area (Å²) in [4.78, 5) is 27.3. The normalized spacial score (nSPS) is 20.0. The predicted molar refractivity (Wildman–Crippen MR) is 84.4 cm³/mol. The number of amides is 1. The van der Waals surface area contributed by atoms with Crippen LogP contribution in [0.3, 0.4) is 0 Å². The van der Waals surface area contributed by atoms with Crippen molar-refractivity contribution in [3.63, 3.8) is 0 Å². The second-order valence-electron chi connectivity index (χ2n) is 5.76. The molecule has 1 fully saturated rings. The summed E-state index contributed by atoms with van der Waals surface area (Å²) >= 11 is 0. The number of carbonyl (C=O) groups is 2. The molecule has 1 aromatic rings. The van der Waals surface area contributed by atoms with Crippen LogP contribution < -0.4 is 0 Å². The molecule has 1 aliphatic heterocycles. The third-order valence-electron chi connectivity index (χ3n) is 4.18. The number of benzene rings is 1. The van der Waals surface area contributed by atoms with Gasteiger partial charge in [-0.25, -0.2) is 0 Å². The first-order valence-corrected chi connectivity index (χ1v) is 7.87. The van der Waals surface area contributed by atoms with E-state index in [1.165, 1.54) is 0 Å². The highest BCUT2D eigenvalue weighted by molar-refractivity contribution is 5.77. The van der Waals surface area contributed by atoms with E-state index in [0.29, 0.717) is 26.1 Å². The molecule has 0 unspecified atom stereocenters. The molecule has 22 heavy (non-hydrogen) atoms. The Balaban J connectivity index is 2.05. The number of aliphatic carboxylic acids is 1. The van der Waals surface area contributed by atoms with E-state index in [-0.39, 0.29) is 18.4 Å². The minimum atomic E-state index is -0.787. The van der Waals surface area contributed by atoms with Crippen molar-refractivity contribution < 1.29 is 14.7 Å². The Morgan fingerprint density at radius 1 is 1.32 bits per heavy atom. The monoisotopic (exact) mass is 304 g/mol. The first-order chi connectivity index (χ1) is 10.6. The molecule has 0 spiro atoms. The smallest absolute Gasteiger partial charge is 0.304 e. The Morgan fingerprint density at radius 2 is 2.05 bits per heavy atom. The van der Waals surface area contributed by atoms with Gasteiger partial charge in [0.05, 0.1) is 6.42 Å². The molecule has 1 N–H and O–H groups in total. The molecule has 5 nitrogen and oxygen atoms in total. The molecule has 120 valence electrons. The van der Waals surface area contributed by atoms with Gasteiger partial charge in [0.15, 0.2) is 0 Å². The van der Waals surface area contributed by atoms with Crippen molar-refractivity contribution in [2.75, 3.05) is 19.6 Å². The quantitative estimate of drug-likeness (QED) is 0.873. The summed E-state index contributed by atoms with van der Waals surface area (Å²) < 4.78 is 0. The lowest BCUT2D eigenvalue weighted by atomic mass is 10.1. The zero-order valence-corrected chi connectivity index (χ0v) is 13.1. The highest BCUT2D eigenvalue weighted by atomic mass is 16.4. The van der Waals surface area contributed by atoms with Crippen LogP contribution in [-0.2, 0) is 16.1 Å². The standard InChI is InChI=1S/C17H24N2O3/c1-2-15-13-18(11-9-17(21)22)10-8-16(20)19(15)12-14-6-4-3-5-7-14/h3-7,15H,2,8-13H2,1H3,(H,21,22)/t15-/m0/s1. The lowest BCUT2D eigenvalue weighted by Crippen LogP contribution is -2.42. The van der Waals surface area contributed by atoms with Gasteiger partial charge in [-0.1, -0.05) is 37.3 Å². The van der Waals surface area contributed by atoms with E-state index in [2.05, 4.69) is 11.8 Å². The van der Waals surface area contributed by atoms with Gasteiger partial charge >= 0.3 is 5.97 Å². The number of carboxylic acids is 1. The van der Waals surface area contributed by atoms with Gasteiger partial charge in [0, 0.05) is 38.6 Å². The van der Waals surface area contributed by atoms with E-state index >= 15 is 0 Å². The van der Waals surface area contributed by atoms with Crippen LogP contribution in [0.1, 0.15) is 31.7 Å². The number of nitrogens with zero attached hydrogens (tertiary/aromatic N) is 2. The Morgan fingerprint density at radius 3 is 2.68 bits per heavy atom. The van der Waals surface area contributed by atoms with Crippen molar-refractivity contribution in [1.82, 2.24) is 9.80 Å². The molecule has 1 amide bonds. The molecule has 0 aromatic heterocycles. The molecule has 1 heterocycles. The molecule has 1 atom stereocenters. The van der Waals surface area contributed by atoms with Crippen LogP contribution in [-0.4, -0.2) is 52.5 Å². The number of hydrogen-bond donors (Lipinski definition) is 1. The predicted octanol–water partition coefficient (Wildman–Crippen LogP) is 1.97.